The van der Waals surface area contributed by atoms with Crippen molar-refractivity contribution in [2.75, 3.05) is 5.32 Å². The minimum Gasteiger partial charge on any atom is -0.481 e. The van der Waals surface area contributed by atoms with Crippen LogP contribution >= 0.6 is 0 Å². The highest BCUT2D eigenvalue weighted by Gasteiger charge is 2.22. The molecular formula is C18H25N5O3. The molecule has 0 saturated heterocycles. The Morgan fingerprint density at radius 1 is 1.27 bits per heavy atom. The van der Waals surface area contributed by atoms with E-state index in [2.05, 4.69) is 20.8 Å². The number of rotatable bonds is 7. The van der Waals surface area contributed by atoms with E-state index in [0.717, 1.165) is 5.56 Å². The van der Waals surface area contributed by atoms with Crippen LogP contribution in [0.2, 0.25) is 0 Å². The number of carboxylic acids is 1. The van der Waals surface area contributed by atoms with E-state index >= 15 is 0 Å². The molecule has 2 amide bonds. The first-order valence-corrected chi connectivity index (χ1v) is 8.49. The summed E-state index contributed by atoms with van der Waals surface area (Å²) in [5.41, 5.74) is 0.723. The first kappa shape index (κ1) is 19.4. The van der Waals surface area contributed by atoms with Gasteiger partial charge in [0.15, 0.2) is 5.82 Å². The van der Waals surface area contributed by atoms with Crippen LogP contribution in [0, 0.1) is 0 Å². The molecule has 0 aliphatic heterocycles. The zero-order chi connectivity index (χ0) is 19.3. The Hall–Kier alpha value is -2.90. The number of hydrogen-bond acceptors (Lipinski definition) is 4. The number of urea groups is 1. The normalized spacial score (nSPS) is 11.4. The van der Waals surface area contributed by atoms with Crippen molar-refractivity contribution in [1.29, 1.82) is 0 Å². The van der Waals surface area contributed by atoms with Crippen LogP contribution < -0.4 is 10.6 Å². The van der Waals surface area contributed by atoms with Gasteiger partial charge in [0.25, 0.3) is 0 Å². The molecule has 1 aromatic carbocycles. The Morgan fingerprint density at radius 3 is 2.62 bits per heavy atom. The Morgan fingerprint density at radius 2 is 1.96 bits per heavy atom. The van der Waals surface area contributed by atoms with Gasteiger partial charge in [-0.2, -0.15) is 0 Å². The van der Waals surface area contributed by atoms with Crippen molar-refractivity contribution in [2.45, 2.75) is 52.1 Å². The van der Waals surface area contributed by atoms with Crippen LogP contribution in [0.25, 0.3) is 11.4 Å². The fourth-order valence-electron chi connectivity index (χ4n) is 2.54. The number of nitrogens with one attached hydrogen (secondary N) is 2. The Bertz CT molecular complexity index is 783. The van der Waals surface area contributed by atoms with Gasteiger partial charge in [0.05, 0.1) is 5.69 Å². The van der Waals surface area contributed by atoms with E-state index in [-0.39, 0.29) is 12.5 Å². The molecule has 0 radical (unpaired) electrons. The molecule has 0 saturated carbocycles. The number of carbonyl (C=O) groups is 2. The zero-order valence-electron chi connectivity index (χ0n) is 15.5. The lowest BCUT2D eigenvalue weighted by Crippen LogP contribution is -2.45. The molecule has 3 N–H and O–H groups in total. The molecule has 0 fully saturated rings. The Kier molecular flexibility index (Phi) is 5.97. The molecule has 0 spiro atoms. The third-order valence-electron chi connectivity index (χ3n) is 3.96. The summed E-state index contributed by atoms with van der Waals surface area (Å²) in [4.78, 5) is 23.1. The van der Waals surface area contributed by atoms with E-state index in [1.54, 1.807) is 26.2 Å². The highest BCUT2D eigenvalue weighted by atomic mass is 16.4. The number of carbonyl (C=O) groups excluding carboxylic acids is 1. The van der Waals surface area contributed by atoms with Gasteiger partial charge < -0.3 is 20.3 Å². The zero-order valence-corrected chi connectivity index (χ0v) is 15.5. The molecule has 2 aromatic rings. The summed E-state index contributed by atoms with van der Waals surface area (Å²) in [5.74, 6) is -0.223. The first-order chi connectivity index (χ1) is 12.2. The van der Waals surface area contributed by atoms with E-state index in [4.69, 9.17) is 5.11 Å². The van der Waals surface area contributed by atoms with Crippen molar-refractivity contribution in [3.63, 3.8) is 0 Å². The highest BCUT2D eigenvalue weighted by molar-refractivity contribution is 5.94. The van der Waals surface area contributed by atoms with Gasteiger partial charge in [-0.3, -0.25) is 4.79 Å². The lowest BCUT2D eigenvalue weighted by atomic mass is 9.99. The molecule has 140 valence electrons. The van der Waals surface area contributed by atoms with Gasteiger partial charge in [0.2, 0.25) is 0 Å². The maximum absolute atomic E-state index is 12.4. The van der Waals surface area contributed by atoms with Crippen LogP contribution in [0.15, 0.2) is 30.6 Å². The van der Waals surface area contributed by atoms with Gasteiger partial charge in [-0.1, -0.05) is 12.1 Å². The molecule has 0 aliphatic rings. The first-order valence-electron chi connectivity index (χ1n) is 8.49. The lowest BCUT2D eigenvalue weighted by Gasteiger charge is -2.26. The maximum Gasteiger partial charge on any atom is 0.319 e. The number of hydrogen-bond donors (Lipinski definition) is 3. The number of para-hydroxylation sites is 1. The van der Waals surface area contributed by atoms with Crippen molar-refractivity contribution in [1.82, 2.24) is 20.1 Å². The minimum absolute atomic E-state index is 0.0125. The van der Waals surface area contributed by atoms with Gasteiger partial charge in [-0.15, -0.1) is 10.2 Å². The average molecular weight is 359 g/mol. The molecule has 1 heterocycles. The summed E-state index contributed by atoms with van der Waals surface area (Å²) in [5, 5.41) is 22.6. The summed E-state index contributed by atoms with van der Waals surface area (Å²) >= 11 is 0. The monoisotopic (exact) mass is 359 g/mol. The topological polar surface area (TPSA) is 109 Å². The SMILES string of the molecule is CC(C)n1cnnc1-c1ccccc1NC(=O)NC(C)(C)CCC(=O)O. The smallest absolute Gasteiger partial charge is 0.319 e. The maximum atomic E-state index is 12.4. The Labute approximate surface area is 152 Å². The van der Waals surface area contributed by atoms with Gasteiger partial charge in [0.1, 0.15) is 6.33 Å². The summed E-state index contributed by atoms with van der Waals surface area (Å²) in [6.07, 6.45) is 1.98. The number of anilines is 1. The van der Waals surface area contributed by atoms with Crippen LogP contribution in [0.5, 0.6) is 0 Å². The molecular weight excluding hydrogens is 334 g/mol. The summed E-state index contributed by atoms with van der Waals surface area (Å²) in [7, 11) is 0. The standard InChI is InChI=1S/C18H25N5O3/c1-12(2)23-11-19-22-16(23)13-7-5-6-8-14(13)20-17(26)21-18(3,4)10-9-15(24)25/h5-8,11-12H,9-10H2,1-4H3,(H,24,25)(H2,20,21,26). The van der Waals surface area contributed by atoms with Crippen molar-refractivity contribution < 1.29 is 14.7 Å². The Balaban J connectivity index is 2.16. The number of amides is 2. The van der Waals surface area contributed by atoms with E-state index in [1.807, 2.05) is 36.6 Å². The lowest BCUT2D eigenvalue weighted by molar-refractivity contribution is -0.137. The van der Waals surface area contributed by atoms with Crippen LogP contribution in [0.1, 0.15) is 46.6 Å². The fourth-order valence-corrected chi connectivity index (χ4v) is 2.54. The minimum atomic E-state index is -0.890. The molecule has 8 heteroatoms. The molecule has 0 bridgehead atoms. The molecule has 2 rings (SSSR count). The van der Waals surface area contributed by atoms with E-state index < -0.39 is 17.5 Å². The van der Waals surface area contributed by atoms with Gasteiger partial charge in [0, 0.05) is 23.6 Å². The van der Waals surface area contributed by atoms with Crippen molar-refractivity contribution in [3.05, 3.63) is 30.6 Å². The molecule has 26 heavy (non-hydrogen) atoms. The van der Waals surface area contributed by atoms with Crippen molar-refractivity contribution in [3.8, 4) is 11.4 Å². The quantitative estimate of drug-likeness (QED) is 0.703. The second-order valence-electron chi connectivity index (χ2n) is 7.06. The summed E-state index contributed by atoms with van der Waals surface area (Å²) in [6.45, 7) is 7.63. The van der Waals surface area contributed by atoms with Crippen LogP contribution in [-0.2, 0) is 4.79 Å². The van der Waals surface area contributed by atoms with E-state index in [0.29, 0.717) is 17.9 Å². The molecule has 0 unspecified atom stereocenters. The second kappa shape index (κ2) is 7.99. The predicted octanol–water partition coefficient (Wildman–Crippen LogP) is 3.29. The molecule has 8 nitrogen and oxygen atoms in total. The average Bonchev–Trinajstić information content (AvgIpc) is 3.02. The number of benzene rings is 1. The number of aliphatic carboxylic acids is 1. The van der Waals surface area contributed by atoms with Crippen molar-refractivity contribution in [2.24, 2.45) is 0 Å². The summed E-state index contributed by atoms with van der Waals surface area (Å²) < 4.78 is 1.93. The molecule has 0 atom stereocenters. The largest absolute Gasteiger partial charge is 0.481 e. The van der Waals surface area contributed by atoms with Crippen molar-refractivity contribution >= 4 is 17.7 Å². The van der Waals surface area contributed by atoms with Crippen LogP contribution in [0.4, 0.5) is 10.5 Å². The van der Waals surface area contributed by atoms with Crippen LogP contribution in [-0.4, -0.2) is 37.4 Å². The second-order valence-corrected chi connectivity index (χ2v) is 7.06. The third kappa shape index (κ3) is 5.05. The fraction of sp³-hybridized carbons (Fsp3) is 0.444. The predicted molar refractivity (Wildman–Crippen MR) is 98.9 cm³/mol. The van der Waals surface area contributed by atoms with Gasteiger partial charge in [-0.05, 0) is 46.2 Å². The third-order valence-corrected chi connectivity index (χ3v) is 3.96. The number of aromatic nitrogens is 3. The van der Waals surface area contributed by atoms with Gasteiger partial charge >= 0.3 is 12.0 Å². The highest BCUT2D eigenvalue weighted by Crippen LogP contribution is 2.28. The number of nitrogens with zero attached hydrogens (tertiary/aromatic N) is 3. The van der Waals surface area contributed by atoms with Crippen LogP contribution in [0.3, 0.4) is 0 Å². The summed E-state index contributed by atoms with van der Waals surface area (Å²) in [6, 6.07) is 7.13. The number of carboxylic acid groups (broad SMARTS) is 1. The molecule has 1 aromatic heterocycles. The van der Waals surface area contributed by atoms with Gasteiger partial charge in [-0.25, -0.2) is 4.79 Å². The van der Waals surface area contributed by atoms with E-state index in [1.165, 1.54) is 0 Å². The van der Waals surface area contributed by atoms with E-state index in [9.17, 15) is 9.59 Å². The molecule has 0 aliphatic carbocycles.